The van der Waals surface area contributed by atoms with Gasteiger partial charge in [0.25, 0.3) is 0 Å². The number of phenols is 1. The summed E-state index contributed by atoms with van der Waals surface area (Å²) in [5.74, 6) is -1.48. The molecule has 1 aromatic rings. The zero-order valence-electron chi connectivity index (χ0n) is 16.6. The van der Waals surface area contributed by atoms with Crippen molar-refractivity contribution >= 4 is 46.9 Å². The fourth-order valence-electron chi connectivity index (χ4n) is 2.59. The van der Waals surface area contributed by atoms with Crippen LogP contribution in [0.3, 0.4) is 0 Å². The molecule has 0 saturated carbocycles. The number of carbonyl (C=O) groups is 3. The van der Waals surface area contributed by atoms with Gasteiger partial charge in [-0.05, 0) is 18.3 Å². The maximum Gasteiger partial charge on any atom is 0.338 e. The number of thioether (sulfide) groups is 1. The number of fused-ring (bicyclic) bond motifs is 1. The predicted octanol–water partition coefficient (Wildman–Crippen LogP) is -0.0753. The number of esters is 2. The molecule has 1 aliphatic heterocycles. The van der Waals surface area contributed by atoms with E-state index in [0.29, 0.717) is 5.56 Å². The molecule has 2 atom stereocenters. The van der Waals surface area contributed by atoms with Gasteiger partial charge >= 0.3 is 11.9 Å². The third-order valence-electron chi connectivity index (χ3n) is 4.22. The highest BCUT2D eigenvalue weighted by Crippen LogP contribution is 2.32. The van der Waals surface area contributed by atoms with Gasteiger partial charge < -0.3 is 35.3 Å². The Balaban J connectivity index is 2.41. The summed E-state index contributed by atoms with van der Waals surface area (Å²) >= 11 is 6.27. The summed E-state index contributed by atoms with van der Waals surface area (Å²) in [4.78, 5) is 37.5. The minimum Gasteiger partial charge on any atom is -0.507 e. The fourth-order valence-corrected chi connectivity index (χ4v) is 3.82. The average molecular weight is 458 g/mol. The molecule has 12 heteroatoms. The third kappa shape index (κ3) is 5.89. The lowest BCUT2D eigenvalue weighted by molar-refractivity contribution is -0.144. The van der Waals surface area contributed by atoms with Crippen LogP contribution in [0.25, 0.3) is 0 Å². The molecule has 0 aliphatic carbocycles. The second-order valence-electron chi connectivity index (χ2n) is 6.15. The van der Waals surface area contributed by atoms with Crippen molar-refractivity contribution in [3.63, 3.8) is 0 Å². The van der Waals surface area contributed by atoms with Gasteiger partial charge in [-0.3, -0.25) is 4.79 Å². The van der Waals surface area contributed by atoms with Crippen molar-refractivity contribution in [3.05, 3.63) is 23.3 Å². The van der Waals surface area contributed by atoms with Crippen molar-refractivity contribution in [2.24, 2.45) is 0 Å². The molecule has 1 aliphatic rings. The van der Waals surface area contributed by atoms with Gasteiger partial charge in [-0.15, -0.1) is 0 Å². The largest absolute Gasteiger partial charge is 0.507 e. The molecule has 1 aromatic carbocycles. The topological polar surface area (TPSA) is 135 Å². The first kappa shape index (κ1) is 23.5. The second-order valence-corrected chi connectivity index (χ2v) is 7.59. The number of thiocarbonyl (C=S) groups is 1. The van der Waals surface area contributed by atoms with Crippen LogP contribution in [-0.2, 0) is 24.8 Å². The third-order valence-corrected chi connectivity index (χ3v) is 5.60. The first-order valence-electron chi connectivity index (χ1n) is 8.81. The fraction of sp³-hybridized carbons (Fsp3) is 0.444. The van der Waals surface area contributed by atoms with E-state index >= 15 is 0 Å². The van der Waals surface area contributed by atoms with Crippen LogP contribution in [0.4, 0.5) is 0 Å². The Morgan fingerprint density at radius 1 is 1.37 bits per heavy atom. The van der Waals surface area contributed by atoms with E-state index in [1.54, 1.807) is 7.05 Å². The molecule has 0 bridgehead atoms. The quantitative estimate of drug-likeness (QED) is 0.359. The van der Waals surface area contributed by atoms with E-state index in [2.05, 4.69) is 16.0 Å². The lowest BCUT2D eigenvalue weighted by Gasteiger charge is -2.24. The summed E-state index contributed by atoms with van der Waals surface area (Å²) in [5, 5.41) is 18.5. The average Bonchev–Trinajstić information content (AvgIpc) is 2.74. The van der Waals surface area contributed by atoms with E-state index in [0.717, 1.165) is 0 Å². The van der Waals surface area contributed by atoms with Gasteiger partial charge in [0.2, 0.25) is 5.91 Å². The van der Waals surface area contributed by atoms with Gasteiger partial charge in [0, 0.05) is 30.2 Å². The molecule has 10 nitrogen and oxygen atoms in total. The molecular formula is C18H23N3O7S2. The Morgan fingerprint density at radius 3 is 2.73 bits per heavy atom. The predicted molar refractivity (Wildman–Crippen MR) is 114 cm³/mol. The van der Waals surface area contributed by atoms with Gasteiger partial charge in [0.15, 0.2) is 5.11 Å². The van der Waals surface area contributed by atoms with Crippen molar-refractivity contribution in [2.75, 3.05) is 33.6 Å². The van der Waals surface area contributed by atoms with Crippen LogP contribution in [0.5, 0.6) is 11.5 Å². The summed E-state index contributed by atoms with van der Waals surface area (Å²) < 4.78 is 15.2. The Hall–Kier alpha value is -2.73. The van der Waals surface area contributed by atoms with E-state index in [4.69, 9.17) is 26.4 Å². The number of phenolic OH excluding ortho intramolecular Hbond substituents is 1. The van der Waals surface area contributed by atoms with E-state index in [-0.39, 0.29) is 40.3 Å². The Labute approximate surface area is 183 Å². The number of carbonyl (C=O) groups excluding carboxylic acids is 3. The Kier molecular flexibility index (Phi) is 8.54. The normalized spacial score (nSPS) is 19.7. The summed E-state index contributed by atoms with van der Waals surface area (Å²) in [6.07, 6.45) is 0. The lowest BCUT2D eigenvalue weighted by atomic mass is 10.1. The maximum atomic E-state index is 12.7. The number of rotatable bonds is 3. The van der Waals surface area contributed by atoms with Crippen LogP contribution in [0, 0.1) is 0 Å². The van der Waals surface area contributed by atoms with Crippen molar-refractivity contribution in [1.29, 1.82) is 0 Å². The molecule has 0 aromatic heterocycles. The molecule has 2 rings (SSSR count). The smallest absolute Gasteiger partial charge is 0.338 e. The summed E-state index contributed by atoms with van der Waals surface area (Å²) in [7, 11) is 4.19. The Bertz CT molecular complexity index is 834. The molecule has 0 unspecified atom stereocenters. The van der Waals surface area contributed by atoms with E-state index < -0.39 is 29.9 Å². The summed E-state index contributed by atoms with van der Waals surface area (Å²) in [6, 6.07) is 0.822. The minimum absolute atomic E-state index is 0.102. The number of amides is 1. The molecule has 4 N–H and O–H groups in total. The molecular weight excluding hydrogens is 434 g/mol. The number of hydrogen-bond acceptors (Lipinski definition) is 9. The highest BCUT2D eigenvalue weighted by molar-refractivity contribution is 7.98. The van der Waals surface area contributed by atoms with E-state index in [9.17, 15) is 19.5 Å². The first-order chi connectivity index (χ1) is 14.3. The number of hydrogen-bond donors (Lipinski definition) is 4. The molecule has 0 fully saturated rings. The van der Waals surface area contributed by atoms with Gasteiger partial charge in [-0.1, -0.05) is 0 Å². The van der Waals surface area contributed by atoms with Crippen LogP contribution < -0.4 is 20.7 Å². The van der Waals surface area contributed by atoms with E-state index in [1.807, 2.05) is 0 Å². The van der Waals surface area contributed by atoms with Crippen LogP contribution >= 0.6 is 24.0 Å². The summed E-state index contributed by atoms with van der Waals surface area (Å²) in [5.41, 5.74) is 0.432. The van der Waals surface area contributed by atoms with Gasteiger partial charge in [0.05, 0.1) is 19.8 Å². The highest BCUT2D eigenvalue weighted by atomic mass is 32.2. The van der Waals surface area contributed by atoms with Crippen LogP contribution in [0.15, 0.2) is 12.1 Å². The molecule has 1 heterocycles. The van der Waals surface area contributed by atoms with Crippen LogP contribution in [-0.4, -0.2) is 73.8 Å². The number of benzene rings is 1. The number of methoxy groups -OCH3 is 2. The molecule has 0 spiro atoms. The highest BCUT2D eigenvalue weighted by Gasteiger charge is 2.30. The first-order valence-corrected chi connectivity index (χ1v) is 10.4. The second kappa shape index (κ2) is 10.9. The van der Waals surface area contributed by atoms with Crippen LogP contribution in [0.1, 0.15) is 15.9 Å². The molecule has 30 heavy (non-hydrogen) atoms. The van der Waals surface area contributed by atoms with Gasteiger partial charge in [-0.25, -0.2) is 9.59 Å². The van der Waals surface area contributed by atoms with Gasteiger partial charge in [-0.2, -0.15) is 11.8 Å². The number of nitrogens with one attached hydrogen (secondary N) is 3. The molecule has 0 radical (unpaired) electrons. The van der Waals surface area contributed by atoms with Crippen molar-refractivity contribution in [2.45, 2.75) is 17.8 Å². The van der Waals surface area contributed by atoms with Crippen molar-refractivity contribution < 1.29 is 33.7 Å². The lowest BCUT2D eigenvalue weighted by Crippen LogP contribution is -2.55. The number of ether oxygens (including phenoxy) is 3. The standard InChI is InChI=1S/C18H23N3O7S2/c1-19-18(29)21-12-6-28-16(24)10-4-9(26-2)5-14(22)11(10)7-30-8-13(17(25)27-3)20-15(12)23/h4-5,12-13,22H,6-8H2,1-3H3,(H,20,23)(H2,19,21,29)/t12-,13-/m0/s1. The van der Waals surface area contributed by atoms with E-state index in [1.165, 1.54) is 38.1 Å². The van der Waals surface area contributed by atoms with Crippen molar-refractivity contribution in [3.8, 4) is 11.5 Å². The van der Waals surface area contributed by atoms with Crippen LogP contribution in [0.2, 0.25) is 0 Å². The molecule has 164 valence electrons. The van der Waals surface area contributed by atoms with Gasteiger partial charge in [0.1, 0.15) is 30.2 Å². The molecule has 0 saturated heterocycles. The van der Waals surface area contributed by atoms with Crippen molar-refractivity contribution in [1.82, 2.24) is 16.0 Å². The number of aromatic hydroxyl groups is 1. The molecule has 1 amide bonds. The minimum atomic E-state index is -1.06. The monoisotopic (exact) mass is 457 g/mol. The Morgan fingerprint density at radius 2 is 2.10 bits per heavy atom. The maximum absolute atomic E-state index is 12.7. The SMILES string of the molecule is CNC(=S)N[C@H]1COC(=O)c2cc(OC)cc(O)c2CSC[C@@H](C(=O)OC)NC1=O. The zero-order valence-corrected chi connectivity index (χ0v) is 18.3. The summed E-state index contributed by atoms with van der Waals surface area (Å²) in [6.45, 7) is -0.370. The number of cyclic esters (lactones) is 1. The zero-order chi connectivity index (χ0) is 22.3.